The molecule has 4 nitrogen and oxygen atoms in total. The summed E-state index contributed by atoms with van der Waals surface area (Å²) in [5.41, 5.74) is 0. The maximum atomic E-state index is 12.4. The summed E-state index contributed by atoms with van der Waals surface area (Å²) in [6.07, 6.45) is 43.7. The Morgan fingerprint density at radius 2 is 1.12 bits per heavy atom. The fourth-order valence-electron chi connectivity index (χ4n) is 4.04. The van der Waals surface area contributed by atoms with Crippen molar-refractivity contribution in [3.63, 3.8) is 0 Å². The lowest BCUT2D eigenvalue weighted by Crippen LogP contribution is -2.16. The van der Waals surface area contributed by atoms with E-state index in [9.17, 15) is 9.59 Å². The maximum absolute atomic E-state index is 12.4. The van der Waals surface area contributed by atoms with E-state index in [0.717, 1.165) is 103 Å². The molecule has 0 saturated carbocycles. The van der Waals surface area contributed by atoms with Gasteiger partial charge < -0.3 is 9.84 Å². The topological polar surface area (TPSA) is 63.6 Å². The van der Waals surface area contributed by atoms with Gasteiger partial charge in [0.1, 0.15) is 6.10 Å². The molecule has 0 radical (unpaired) electrons. The smallest absolute Gasteiger partial charge is 0.306 e. The SMILES string of the molecule is CC/C=C\C/C=C\C/C=C\C/C=C\C/C=C\CCCCCC(=O)OC(/C=C\CCCC)CCCCCCC(=O)O. The Labute approximate surface area is 246 Å². The van der Waals surface area contributed by atoms with Crippen molar-refractivity contribution in [2.45, 2.75) is 142 Å². The van der Waals surface area contributed by atoms with Crippen molar-refractivity contribution in [3.05, 3.63) is 72.9 Å². The van der Waals surface area contributed by atoms with Crippen LogP contribution in [-0.4, -0.2) is 23.1 Å². The number of rotatable bonds is 27. The van der Waals surface area contributed by atoms with Crippen molar-refractivity contribution in [1.82, 2.24) is 0 Å². The van der Waals surface area contributed by atoms with Crippen LogP contribution in [0, 0.1) is 0 Å². The molecule has 0 saturated heterocycles. The van der Waals surface area contributed by atoms with Gasteiger partial charge in [0.25, 0.3) is 0 Å². The highest BCUT2D eigenvalue weighted by Crippen LogP contribution is 2.14. The Bertz CT molecular complexity index is 770. The number of allylic oxidation sites excluding steroid dienone is 11. The van der Waals surface area contributed by atoms with Gasteiger partial charge in [0.05, 0.1) is 0 Å². The second kappa shape index (κ2) is 30.9. The Balaban J connectivity index is 3.95. The number of unbranched alkanes of at least 4 members (excludes halogenated alkanes) is 8. The molecule has 40 heavy (non-hydrogen) atoms. The van der Waals surface area contributed by atoms with Gasteiger partial charge in [-0.25, -0.2) is 0 Å². The maximum Gasteiger partial charge on any atom is 0.306 e. The molecule has 0 aliphatic carbocycles. The van der Waals surface area contributed by atoms with Gasteiger partial charge in [0, 0.05) is 12.8 Å². The van der Waals surface area contributed by atoms with Crippen LogP contribution < -0.4 is 0 Å². The molecule has 226 valence electrons. The summed E-state index contributed by atoms with van der Waals surface area (Å²) in [6.45, 7) is 4.32. The minimum absolute atomic E-state index is 0.106. The molecular formula is C36H58O4. The van der Waals surface area contributed by atoms with E-state index < -0.39 is 5.97 Å². The first-order chi connectivity index (χ1) is 19.6. The molecule has 0 aromatic heterocycles. The van der Waals surface area contributed by atoms with Gasteiger partial charge in [-0.2, -0.15) is 0 Å². The number of carbonyl (C=O) groups excluding carboxylic acids is 1. The number of esters is 1. The molecule has 0 amide bonds. The van der Waals surface area contributed by atoms with Crippen LogP contribution >= 0.6 is 0 Å². The predicted molar refractivity (Wildman–Crippen MR) is 171 cm³/mol. The third-order valence-electron chi connectivity index (χ3n) is 6.40. The van der Waals surface area contributed by atoms with Crippen LogP contribution in [0.5, 0.6) is 0 Å². The van der Waals surface area contributed by atoms with E-state index in [-0.39, 0.29) is 18.5 Å². The average molecular weight is 555 g/mol. The lowest BCUT2D eigenvalue weighted by Gasteiger charge is -2.14. The average Bonchev–Trinajstić information content (AvgIpc) is 2.93. The second-order valence-corrected chi connectivity index (χ2v) is 10.3. The van der Waals surface area contributed by atoms with Crippen LogP contribution in [0.2, 0.25) is 0 Å². The van der Waals surface area contributed by atoms with Gasteiger partial charge in [-0.1, -0.05) is 113 Å². The minimum Gasteiger partial charge on any atom is -0.481 e. The summed E-state index contributed by atoms with van der Waals surface area (Å²) in [4.78, 5) is 23.0. The first-order valence-electron chi connectivity index (χ1n) is 15.9. The molecule has 0 aliphatic rings. The lowest BCUT2D eigenvalue weighted by atomic mass is 10.1. The van der Waals surface area contributed by atoms with E-state index >= 15 is 0 Å². The summed E-state index contributed by atoms with van der Waals surface area (Å²) < 4.78 is 5.76. The molecule has 0 aliphatic heterocycles. The van der Waals surface area contributed by atoms with E-state index in [1.807, 2.05) is 6.08 Å². The molecule has 0 fully saturated rings. The largest absolute Gasteiger partial charge is 0.481 e. The summed E-state index contributed by atoms with van der Waals surface area (Å²) in [6, 6.07) is 0. The molecule has 0 aromatic carbocycles. The number of hydrogen-bond acceptors (Lipinski definition) is 3. The summed E-state index contributed by atoms with van der Waals surface area (Å²) in [5, 5.41) is 8.75. The summed E-state index contributed by atoms with van der Waals surface area (Å²) >= 11 is 0. The first kappa shape index (κ1) is 37.4. The van der Waals surface area contributed by atoms with E-state index in [1.54, 1.807) is 0 Å². The highest BCUT2D eigenvalue weighted by molar-refractivity contribution is 5.69. The van der Waals surface area contributed by atoms with Crippen LogP contribution in [0.15, 0.2) is 72.9 Å². The molecule has 0 spiro atoms. The third kappa shape index (κ3) is 29.9. The number of aliphatic carboxylic acids is 1. The van der Waals surface area contributed by atoms with Crippen molar-refractivity contribution >= 4 is 11.9 Å². The minimum atomic E-state index is -0.733. The van der Waals surface area contributed by atoms with Crippen molar-refractivity contribution in [2.24, 2.45) is 0 Å². The molecular weight excluding hydrogens is 496 g/mol. The third-order valence-corrected chi connectivity index (χ3v) is 6.40. The number of hydrogen-bond donors (Lipinski definition) is 1. The molecule has 4 heteroatoms. The highest BCUT2D eigenvalue weighted by atomic mass is 16.5. The Morgan fingerprint density at radius 1 is 0.600 bits per heavy atom. The zero-order valence-corrected chi connectivity index (χ0v) is 25.6. The first-order valence-corrected chi connectivity index (χ1v) is 15.9. The fraction of sp³-hybridized carbons (Fsp3) is 0.611. The van der Waals surface area contributed by atoms with Gasteiger partial charge >= 0.3 is 11.9 Å². The predicted octanol–water partition coefficient (Wildman–Crippen LogP) is 10.8. The van der Waals surface area contributed by atoms with Crippen LogP contribution in [0.3, 0.4) is 0 Å². The molecule has 1 unspecified atom stereocenters. The molecule has 1 atom stereocenters. The fourth-order valence-corrected chi connectivity index (χ4v) is 4.04. The van der Waals surface area contributed by atoms with Gasteiger partial charge in [-0.3, -0.25) is 9.59 Å². The summed E-state index contributed by atoms with van der Waals surface area (Å²) in [5.74, 6) is -0.838. The van der Waals surface area contributed by atoms with Crippen LogP contribution in [-0.2, 0) is 14.3 Å². The van der Waals surface area contributed by atoms with Crippen LogP contribution in [0.25, 0.3) is 0 Å². The highest BCUT2D eigenvalue weighted by Gasteiger charge is 2.11. The molecule has 0 heterocycles. The van der Waals surface area contributed by atoms with Gasteiger partial charge in [-0.15, -0.1) is 0 Å². The summed E-state index contributed by atoms with van der Waals surface area (Å²) in [7, 11) is 0. The van der Waals surface area contributed by atoms with Crippen LogP contribution in [0.4, 0.5) is 0 Å². The molecule has 0 aromatic rings. The Morgan fingerprint density at radius 3 is 1.73 bits per heavy atom. The number of carboxylic acid groups (broad SMARTS) is 1. The standard InChI is InChI=1S/C36H58O4/c1-3-5-7-9-10-11-12-13-14-15-16-17-18-19-20-21-22-23-29-33-36(39)40-34(30-26-8-6-4-2)31-27-24-25-28-32-35(37)38/h5,7,10-11,13-14,16-17,19-20,26,30,34H,3-4,6,8-9,12,15,18,21-25,27-29,31-33H2,1-2H3,(H,37,38)/b7-5-,11-10-,14-13-,17-16-,20-19-,30-26-. The van der Waals surface area contributed by atoms with Crippen molar-refractivity contribution in [3.8, 4) is 0 Å². The zero-order valence-electron chi connectivity index (χ0n) is 25.6. The van der Waals surface area contributed by atoms with Gasteiger partial charge in [0.2, 0.25) is 0 Å². The number of ether oxygens (including phenoxy) is 1. The molecule has 0 rings (SSSR count). The molecule has 1 N–H and O–H groups in total. The lowest BCUT2D eigenvalue weighted by molar-refractivity contribution is -0.147. The van der Waals surface area contributed by atoms with E-state index in [1.165, 1.54) is 0 Å². The van der Waals surface area contributed by atoms with Crippen molar-refractivity contribution in [2.75, 3.05) is 0 Å². The Kier molecular flexibility index (Phi) is 28.9. The number of carboxylic acids is 1. The van der Waals surface area contributed by atoms with Gasteiger partial charge in [0.15, 0.2) is 0 Å². The van der Waals surface area contributed by atoms with E-state index in [2.05, 4.69) is 80.7 Å². The zero-order chi connectivity index (χ0) is 29.4. The molecule has 0 bridgehead atoms. The normalized spacial score (nSPS) is 13.2. The Hall–Kier alpha value is -2.62. The monoisotopic (exact) mass is 554 g/mol. The number of carbonyl (C=O) groups is 2. The quantitative estimate of drug-likeness (QED) is 0.0623. The van der Waals surface area contributed by atoms with E-state index in [0.29, 0.717) is 12.8 Å². The van der Waals surface area contributed by atoms with Gasteiger partial charge in [-0.05, 0) is 83.1 Å². The van der Waals surface area contributed by atoms with Crippen molar-refractivity contribution in [1.29, 1.82) is 0 Å². The van der Waals surface area contributed by atoms with Crippen molar-refractivity contribution < 1.29 is 19.4 Å². The van der Waals surface area contributed by atoms with Crippen LogP contribution in [0.1, 0.15) is 136 Å². The second-order valence-electron chi connectivity index (χ2n) is 10.3. The van der Waals surface area contributed by atoms with E-state index in [4.69, 9.17) is 9.84 Å².